The molecule has 0 aliphatic carbocycles. The third-order valence-corrected chi connectivity index (χ3v) is 7.44. The van der Waals surface area contributed by atoms with Gasteiger partial charge < -0.3 is 23.7 Å². The number of methoxy groups -OCH3 is 1. The molecule has 0 spiro atoms. The number of thioether (sulfide) groups is 1. The molecule has 0 saturated carbocycles. The van der Waals surface area contributed by atoms with Gasteiger partial charge in [-0.2, -0.15) is 0 Å². The lowest BCUT2D eigenvalue weighted by Gasteiger charge is -2.49. The van der Waals surface area contributed by atoms with E-state index in [2.05, 4.69) is 10.0 Å². The predicted molar refractivity (Wildman–Crippen MR) is 154 cm³/mol. The Morgan fingerprint density at radius 1 is 1.16 bits per heavy atom. The standard InChI is InChI=1S/C28H37FN4O10S/c1-15-9-11-19(12-10-15)44-28(25(37)39-8)13-20(40-17(3)35)23(33(16(2)34)26(38)43-27(5,6)7)24(42-28)22(29)21(14-31-32-30)41-18(4)36/h9-12,20-24H,13-14H2,1-8H3/t20-,21+,22-,23+,24-,28+/m0/s1. The zero-order valence-corrected chi connectivity index (χ0v) is 26.6. The minimum atomic E-state index is -2.46. The number of imide groups is 1. The first-order chi connectivity index (χ1) is 20.4. The number of amides is 2. The Hall–Kier alpha value is -3.88. The molecule has 44 heavy (non-hydrogen) atoms. The van der Waals surface area contributed by atoms with Crippen molar-refractivity contribution in [1.82, 2.24) is 4.90 Å². The van der Waals surface area contributed by atoms with Crippen molar-refractivity contribution in [3.63, 3.8) is 0 Å². The van der Waals surface area contributed by atoms with E-state index in [-0.39, 0.29) is 0 Å². The molecule has 2 amide bonds. The van der Waals surface area contributed by atoms with Gasteiger partial charge in [0.05, 0.1) is 13.7 Å². The number of hydrogen-bond acceptors (Lipinski definition) is 12. The summed E-state index contributed by atoms with van der Waals surface area (Å²) < 4.78 is 44.0. The molecule has 6 atom stereocenters. The van der Waals surface area contributed by atoms with Gasteiger partial charge in [-0.1, -0.05) is 34.6 Å². The fourth-order valence-electron chi connectivity index (χ4n) is 4.53. The van der Waals surface area contributed by atoms with Gasteiger partial charge in [-0.15, -0.1) is 0 Å². The Morgan fingerprint density at radius 3 is 2.25 bits per heavy atom. The van der Waals surface area contributed by atoms with Crippen LogP contribution in [0.1, 0.15) is 53.5 Å². The minimum absolute atomic E-state index is 0.483. The molecule has 0 aromatic heterocycles. The first kappa shape index (κ1) is 36.3. The number of alkyl halides is 1. The molecule has 0 bridgehead atoms. The number of rotatable bonds is 10. The maximum absolute atomic E-state index is 16.7. The Kier molecular flexibility index (Phi) is 12.6. The quantitative estimate of drug-likeness (QED) is 0.116. The number of azide groups is 1. The van der Waals surface area contributed by atoms with E-state index >= 15 is 4.39 Å². The van der Waals surface area contributed by atoms with Crippen LogP contribution < -0.4 is 0 Å². The van der Waals surface area contributed by atoms with Crippen molar-refractivity contribution in [2.24, 2.45) is 5.11 Å². The summed E-state index contributed by atoms with van der Waals surface area (Å²) >= 11 is 0.825. The number of carbonyl (C=O) groups excluding carboxylic acids is 5. The molecule has 0 unspecified atom stereocenters. The molecule has 2 rings (SSSR count). The van der Waals surface area contributed by atoms with Crippen molar-refractivity contribution >= 4 is 41.7 Å². The number of esters is 3. The largest absolute Gasteiger partial charge is 0.466 e. The van der Waals surface area contributed by atoms with E-state index in [1.54, 1.807) is 24.3 Å². The molecule has 1 aromatic carbocycles. The van der Waals surface area contributed by atoms with Gasteiger partial charge in [-0.25, -0.2) is 18.9 Å². The number of ether oxygens (including phenoxy) is 5. The van der Waals surface area contributed by atoms with Crippen LogP contribution in [0.3, 0.4) is 0 Å². The zero-order chi connectivity index (χ0) is 33.4. The lowest BCUT2D eigenvalue weighted by atomic mass is 9.88. The van der Waals surface area contributed by atoms with E-state index < -0.39 is 83.9 Å². The average Bonchev–Trinajstić information content (AvgIpc) is 2.90. The second kappa shape index (κ2) is 15.2. The van der Waals surface area contributed by atoms with Crippen molar-refractivity contribution in [2.45, 2.75) is 101 Å². The fourth-order valence-corrected chi connectivity index (χ4v) is 5.76. The van der Waals surface area contributed by atoms with Crippen molar-refractivity contribution in [1.29, 1.82) is 0 Å². The Bertz CT molecular complexity index is 1280. The van der Waals surface area contributed by atoms with Crippen molar-refractivity contribution in [3.8, 4) is 0 Å². The summed E-state index contributed by atoms with van der Waals surface area (Å²) in [7, 11) is 1.07. The number of halogens is 1. The highest BCUT2D eigenvalue weighted by Gasteiger charge is 2.60. The number of hydrogen-bond donors (Lipinski definition) is 0. The van der Waals surface area contributed by atoms with Gasteiger partial charge in [0.2, 0.25) is 10.8 Å². The van der Waals surface area contributed by atoms with Crippen molar-refractivity contribution in [2.75, 3.05) is 13.7 Å². The van der Waals surface area contributed by atoms with Crippen LogP contribution in [0.4, 0.5) is 9.18 Å². The molecule has 242 valence electrons. The first-order valence-electron chi connectivity index (χ1n) is 13.5. The summed E-state index contributed by atoms with van der Waals surface area (Å²) in [5, 5.41) is 3.31. The van der Waals surface area contributed by atoms with Gasteiger partial charge in [0, 0.05) is 37.0 Å². The maximum atomic E-state index is 16.7. The van der Waals surface area contributed by atoms with Gasteiger partial charge in [0.15, 0.2) is 6.17 Å². The number of carbonyl (C=O) groups is 5. The molecule has 14 nitrogen and oxygen atoms in total. The molecule has 1 aliphatic rings. The van der Waals surface area contributed by atoms with Crippen LogP contribution in [-0.4, -0.2) is 89.5 Å². The summed E-state index contributed by atoms with van der Waals surface area (Å²) in [5.41, 5.74) is 8.67. The lowest BCUT2D eigenvalue weighted by Crippen LogP contribution is -2.68. The van der Waals surface area contributed by atoms with Gasteiger partial charge in [0.1, 0.15) is 30.0 Å². The van der Waals surface area contributed by atoms with Gasteiger partial charge >= 0.3 is 24.0 Å². The number of benzene rings is 1. The highest BCUT2D eigenvalue weighted by Crippen LogP contribution is 2.47. The second-order valence-corrected chi connectivity index (χ2v) is 12.3. The monoisotopic (exact) mass is 640 g/mol. The van der Waals surface area contributed by atoms with Crippen LogP contribution >= 0.6 is 11.8 Å². The summed E-state index contributed by atoms with van der Waals surface area (Å²) in [5.74, 6) is -3.76. The molecule has 16 heteroatoms. The SMILES string of the molecule is COC(=O)[C@]1(Sc2ccc(C)cc2)C[C@H](OC(C)=O)[C@@H](N(C(C)=O)C(=O)OC(C)(C)C)[C@H]([C@@H](F)[C@@H](CN=[N+]=[N-])OC(C)=O)O1. The summed E-state index contributed by atoms with van der Waals surface area (Å²) in [6.45, 7) is 8.79. The van der Waals surface area contributed by atoms with Crippen LogP contribution in [0.15, 0.2) is 34.3 Å². The highest BCUT2D eigenvalue weighted by molar-refractivity contribution is 8.01. The maximum Gasteiger partial charge on any atom is 0.417 e. The highest BCUT2D eigenvalue weighted by atomic mass is 32.2. The Morgan fingerprint density at radius 2 is 1.77 bits per heavy atom. The summed E-state index contributed by atoms with van der Waals surface area (Å²) in [4.78, 5) is 65.7. The predicted octanol–water partition coefficient (Wildman–Crippen LogP) is 4.41. The third kappa shape index (κ3) is 9.56. The molecule has 0 radical (unpaired) electrons. The first-order valence-corrected chi connectivity index (χ1v) is 14.3. The molecule has 1 aliphatic heterocycles. The van der Waals surface area contributed by atoms with Crippen molar-refractivity contribution < 1.29 is 52.0 Å². The van der Waals surface area contributed by atoms with Gasteiger partial charge in [-0.3, -0.25) is 14.4 Å². The molecule has 1 fully saturated rings. The van der Waals surface area contributed by atoms with Gasteiger partial charge in [0.25, 0.3) is 0 Å². The number of nitrogens with zero attached hydrogens (tertiary/aromatic N) is 4. The molecule has 0 N–H and O–H groups in total. The fraction of sp³-hybridized carbons (Fsp3) is 0.607. The van der Waals surface area contributed by atoms with E-state index in [1.165, 1.54) is 20.8 Å². The van der Waals surface area contributed by atoms with E-state index in [9.17, 15) is 24.0 Å². The normalized spacial score (nSPS) is 22.8. The van der Waals surface area contributed by atoms with E-state index in [1.807, 2.05) is 6.92 Å². The van der Waals surface area contributed by atoms with Gasteiger partial charge in [-0.05, 0) is 45.4 Å². The van der Waals surface area contributed by atoms with Crippen LogP contribution in [0.25, 0.3) is 10.4 Å². The molecular formula is C28H37FN4O10S. The third-order valence-electron chi connectivity index (χ3n) is 6.17. The number of aryl methyl sites for hydroxylation is 1. The van der Waals surface area contributed by atoms with E-state index in [0.717, 1.165) is 45.2 Å². The summed E-state index contributed by atoms with van der Waals surface area (Å²) in [6, 6.07) is 5.12. The van der Waals surface area contributed by atoms with E-state index in [0.29, 0.717) is 9.80 Å². The van der Waals surface area contributed by atoms with E-state index in [4.69, 9.17) is 29.2 Å². The lowest BCUT2D eigenvalue weighted by molar-refractivity contribution is -0.216. The molecular weight excluding hydrogens is 603 g/mol. The molecule has 1 saturated heterocycles. The molecule has 1 heterocycles. The molecule has 1 aromatic rings. The van der Waals surface area contributed by atoms with Crippen LogP contribution in [0, 0.1) is 6.92 Å². The Labute approximate surface area is 258 Å². The second-order valence-electron chi connectivity index (χ2n) is 11.0. The van der Waals surface area contributed by atoms with Crippen LogP contribution in [0.5, 0.6) is 0 Å². The topological polar surface area (TPSA) is 183 Å². The van der Waals surface area contributed by atoms with Crippen LogP contribution in [0.2, 0.25) is 0 Å². The smallest absolute Gasteiger partial charge is 0.417 e. The van der Waals surface area contributed by atoms with Crippen molar-refractivity contribution in [3.05, 3.63) is 40.3 Å². The Balaban J connectivity index is 2.86. The summed E-state index contributed by atoms with van der Waals surface area (Å²) in [6.07, 6.45) is -9.56. The zero-order valence-electron chi connectivity index (χ0n) is 25.8. The average molecular weight is 641 g/mol. The van der Waals surface area contributed by atoms with Crippen LogP contribution in [-0.2, 0) is 42.9 Å². The minimum Gasteiger partial charge on any atom is -0.466 e.